The van der Waals surface area contributed by atoms with E-state index >= 15 is 0 Å². The third-order valence-corrected chi connectivity index (χ3v) is 6.75. The van der Waals surface area contributed by atoms with Crippen LogP contribution in [0.15, 0.2) is 54.9 Å². The second kappa shape index (κ2) is 9.02. The molecule has 5 nitrogen and oxygen atoms in total. The smallest absolute Gasteiger partial charge is 0.316 e. The summed E-state index contributed by atoms with van der Waals surface area (Å²) in [5, 5.41) is 4.30. The van der Waals surface area contributed by atoms with Crippen molar-refractivity contribution < 1.29 is 4.74 Å². The van der Waals surface area contributed by atoms with Crippen LogP contribution < -0.4 is 10.1 Å². The van der Waals surface area contributed by atoms with E-state index in [-0.39, 0.29) is 0 Å². The SMILES string of the molecule is Cc1ccc2nc(Nc3ccc(-c4cnc(OCC5CCCCC5)nc4)cc3)sc2c1. The van der Waals surface area contributed by atoms with Gasteiger partial charge in [-0.25, -0.2) is 15.0 Å². The molecule has 0 bridgehead atoms. The molecule has 31 heavy (non-hydrogen) atoms. The van der Waals surface area contributed by atoms with Gasteiger partial charge in [-0.15, -0.1) is 0 Å². The summed E-state index contributed by atoms with van der Waals surface area (Å²) in [7, 11) is 0. The number of aromatic nitrogens is 3. The van der Waals surface area contributed by atoms with Crippen molar-refractivity contribution in [2.45, 2.75) is 39.0 Å². The number of thiazole rings is 1. The number of anilines is 2. The number of aryl methyl sites for hydroxylation is 1. The van der Waals surface area contributed by atoms with Crippen LogP contribution in [0.1, 0.15) is 37.7 Å². The van der Waals surface area contributed by atoms with Crippen molar-refractivity contribution in [2.75, 3.05) is 11.9 Å². The summed E-state index contributed by atoms with van der Waals surface area (Å²) in [6, 6.07) is 15.1. The van der Waals surface area contributed by atoms with E-state index in [0.717, 1.165) is 34.1 Å². The lowest BCUT2D eigenvalue weighted by Gasteiger charge is -2.20. The van der Waals surface area contributed by atoms with Gasteiger partial charge in [0.25, 0.3) is 0 Å². The zero-order valence-corrected chi connectivity index (χ0v) is 18.5. The molecule has 0 unspecified atom stereocenters. The van der Waals surface area contributed by atoms with Crippen LogP contribution in [0.5, 0.6) is 6.01 Å². The highest BCUT2D eigenvalue weighted by Gasteiger charge is 2.14. The average molecular weight is 431 g/mol. The standard InChI is InChI=1S/C25H26N4OS/c1-17-7-12-22-23(13-17)31-25(29-22)28-21-10-8-19(9-11-21)20-14-26-24(27-15-20)30-16-18-5-3-2-4-6-18/h7-15,18H,2-6,16H2,1H3,(H,28,29). The first-order valence-corrected chi connectivity index (χ1v) is 11.7. The van der Waals surface area contributed by atoms with Gasteiger partial charge in [-0.1, -0.05) is 48.8 Å². The third kappa shape index (κ3) is 4.85. The molecule has 0 spiro atoms. The number of hydrogen-bond donors (Lipinski definition) is 1. The van der Waals surface area contributed by atoms with E-state index in [0.29, 0.717) is 11.9 Å². The van der Waals surface area contributed by atoms with Gasteiger partial charge in [0.05, 0.1) is 16.8 Å². The fourth-order valence-electron chi connectivity index (χ4n) is 4.04. The van der Waals surface area contributed by atoms with Crippen molar-refractivity contribution in [1.82, 2.24) is 15.0 Å². The van der Waals surface area contributed by atoms with Crippen molar-refractivity contribution in [2.24, 2.45) is 5.92 Å². The first-order valence-electron chi connectivity index (χ1n) is 10.9. The summed E-state index contributed by atoms with van der Waals surface area (Å²) >= 11 is 1.67. The number of benzene rings is 2. The fraction of sp³-hybridized carbons (Fsp3) is 0.320. The van der Waals surface area contributed by atoms with Gasteiger partial charge in [0.15, 0.2) is 5.13 Å². The first kappa shape index (κ1) is 19.9. The number of fused-ring (bicyclic) bond motifs is 1. The van der Waals surface area contributed by atoms with Crippen LogP contribution in [-0.2, 0) is 0 Å². The van der Waals surface area contributed by atoms with Crippen molar-refractivity contribution >= 4 is 32.4 Å². The van der Waals surface area contributed by atoms with Crippen molar-refractivity contribution in [3.05, 3.63) is 60.4 Å². The summed E-state index contributed by atoms with van der Waals surface area (Å²) < 4.78 is 7.01. The van der Waals surface area contributed by atoms with E-state index in [2.05, 4.69) is 69.7 Å². The van der Waals surface area contributed by atoms with Crippen LogP contribution in [0.3, 0.4) is 0 Å². The highest BCUT2D eigenvalue weighted by Crippen LogP contribution is 2.30. The number of ether oxygens (including phenoxy) is 1. The zero-order valence-electron chi connectivity index (χ0n) is 17.7. The molecular weight excluding hydrogens is 404 g/mol. The van der Waals surface area contributed by atoms with Crippen molar-refractivity contribution in [3.8, 4) is 17.1 Å². The second-order valence-corrected chi connectivity index (χ2v) is 9.29. The second-order valence-electron chi connectivity index (χ2n) is 8.26. The fourth-order valence-corrected chi connectivity index (χ4v) is 5.03. The normalized spacial score (nSPS) is 14.6. The highest BCUT2D eigenvalue weighted by atomic mass is 32.1. The molecule has 1 N–H and O–H groups in total. The molecule has 2 aromatic heterocycles. The van der Waals surface area contributed by atoms with Crippen LogP contribution in [0.25, 0.3) is 21.3 Å². The average Bonchev–Trinajstić information content (AvgIpc) is 3.20. The molecule has 1 aliphatic rings. The van der Waals surface area contributed by atoms with Crippen molar-refractivity contribution in [1.29, 1.82) is 0 Å². The zero-order chi connectivity index (χ0) is 21.0. The molecule has 2 aromatic carbocycles. The Balaban J connectivity index is 1.21. The summed E-state index contributed by atoms with van der Waals surface area (Å²) in [5.41, 5.74) is 5.33. The van der Waals surface area contributed by atoms with Crippen LogP contribution >= 0.6 is 11.3 Å². The minimum Gasteiger partial charge on any atom is -0.463 e. The minimum atomic E-state index is 0.471. The summed E-state index contributed by atoms with van der Waals surface area (Å²) in [4.78, 5) is 13.5. The maximum Gasteiger partial charge on any atom is 0.316 e. The molecule has 2 heterocycles. The molecule has 0 saturated heterocycles. The number of nitrogens with zero attached hydrogens (tertiary/aromatic N) is 3. The topological polar surface area (TPSA) is 59.9 Å². The molecule has 1 saturated carbocycles. The molecule has 6 heteroatoms. The van der Waals surface area contributed by atoms with Gasteiger partial charge < -0.3 is 10.1 Å². The Bertz CT molecular complexity index is 1150. The maximum absolute atomic E-state index is 5.82. The molecule has 0 radical (unpaired) electrons. The number of nitrogens with one attached hydrogen (secondary N) is 1. The largest absolute Gasteiger partial charge is 0.463 e. The minimum absolute atomic E-state index is 0.471. The maximum atomic E-state index is 5.82. The van der Waals surface area contributed by atoms with Gasteiger partial charge in [-0.05, 0) is 61.1 Å². The van der Waals surface area contributed by atoms with Crippen LogP contribution in [0.4, 0.5) is 10.8 Å². The quantitative estimate of drug-likeness (QED) is 0.366. The molecule has 1 aliphatic carbocycles. The van der Waals surface area contributed by atoms with Gasteiger partial charge in [0, 0.05) is 23.6 Å². The summed E-state index contributed by atoms with van der Waals surface area (Å²) in [5.74, 6) is 0.650. The number of rotatable bonds is 6. The van der Waals surface area contributed by atoms with E-state index in [1.54, 1.807) is 11.3 Å². The first-order chi connectivity index (χ1) is 15.2. The van der Waals surface area contributed by atoms with E-state index in [1.165, 1.54) is 42.4 Å². The molecular formula is C25H26N4OS. The van der Waals surface area contributed by atoms with Gasteiger partial charge in [-0.3, -0.25) is 0 Å². The Morgan fingerprint density at radius 2 is 1.74 bits per heavy atom. The Morgan fingerprint density at radius 3 is 2.52 bits per heavy atom. The lowest BCUT2D eigenvalue weighted by Crippen LogP contribution is -2.16. The van der Waals surface area contributed by atoms with Gasteiger partial charge in [0.2, 0.25) is 0 Å². The Morgan fingerprint density at radius 1 is 0.968 bits per heavy atom. The van der Waals surface area contributed by atoms with Gasteiger partial charge in [-0.2, -0.15) is 0 Å². The molecule has 158 valence electrons. The predicted octanol–water partition coefficient (Wildman–Crippen LogP) is 6.76. The van der Waals surface area contributed by atoms with Gasteiger partial charge in [0.1, 0.15) is 0 Å². The van der Waals surface area contributed by atoms with Gasteiger partial charge >= 0.3 is 6.01 Å². The molecule has 0 aliphatic heterocycles. The van der Waals surface area contributed by atoms with E-state index in [4.69, 9.17) is 4.74 Å². The summed E-state index contributed by atoms with van der Waals surface area (Å²) in [6.45, 7) is 2.83. The Labute approximate surface area is 186 Å². The summed E-state index contributed by atoms with van der Waals surface area (Å²) in [6.07, 6.45) is 10.2. The Kier molecular flexibility index (Phi) is 5.80. The van der Waals surface area contributed by atoms with Crippen LogP contribution in [0, 0.1) is 12.8 Å². The molecule has 4 aromatic rings. The van der Waals surface area contributed by atoms with Crippen LogP contribution in [0.2, 0.25) is 0 Å². The highest BCUT2D eigenvalue weighted by molar-refractivity contribution is 7.22. The van der Waals surface area contributed by atoms with E-state index in [1.807, 2.05) is 12.4 Å². The predicted molar refractivity (Wildman–Crippen MR) is 127 cm³/mol. The lowest BCUT2D eigenvalue weighted by atomic mass is 9.90. The van der Waals surface area contributed by atoms with E-state index in [9.17, 15) is 0 Å². The Hall–Kier alpha value is -2.99. The molecule has 0 atom stereocenters. The molecule has 0 amide bonds. The lowest BCUT2D eigenvalue weighted by molar-refractivity contribution is 0.196. The van der Waals surface area contributed by atoms with E-state index < -0.39 is 0 Å². The van der Waals surface area contributed by atoms with Crippen molar-refractivity contribution in [3.63, 3.8) is 0 Å². The molecule has 1 fully saturated rings. The third-order valence-electron chi connectivity index (χ3n) is 5.81. The van der Waals surface area contributed by atoms with Crippen LogP contribution in [-0.4, -0.2) is 21.6 Å². The number of hydrogen-bond acceptors (Lipinski definition) is 6. The monoisotopic (exact) mass is 430 g/mol. The molecule has 5 rings (SSSR count).